The van der Waals surface area contributed by atoms with Gasteiger partial charge in [0.25, 0.3) is 5.91 Å². The Morgan fingerprint density at radius 2 is 1.96 bits per heavy atom. The van der Waals surface area contributed by atoms with Gasteiger partial charge in [0.1, 0.15) is 12.3 Å². The first kappa shape index (κ1) is 19.4. The summed E-state index contributed by atoms with van der Waals surface area (Å²) in [5, 5.41) is 13.5. The Kier molecular flexibility index (Phi) is 6.22. The van der Waals surface area contributed by atoms with Gasteiger partial charge < -0.3 is 19.9 Å². The summed E-state index contributed by atoms with van der Waals surface area (Å²) < 4.78 is 11.6. The Labute approximate surface area is 164 Å². The lowest BCUT2D eigenvalue weighted by Gasteiger charge is -2.09. The van der Waals surface area contributed by atoms with E-state index in [1.165, 1.54) is 18.0 Å². The molecule has 28 heavy (non-hydrogen) atoms. The molecule has 10 nitrogen and oxygen atoms in total. The number of nitrogens with zero attached hydrogens (tertiary/aromatic N) is 4. The molecule has 0 bridgehead atoms. The van der Waals surface area contributed by atoms with Gasteiger partial charge in [0.2, 0.25) is 0 Å². The molecule has 2 amide bonds. The number of carbonyl (C=O) groups excluding carboxylic acids is 2. The second-order valence-electron chi connectivity index (χ2n) is 5.58. The Morgan fingerprint density at radius 1 is 1.21 bits per heavy atom. The lowest BCUT2D eigenvalue weighted by atomic mass is 10.2. The molecule has 3 aromatic rings. The van der Waals surface area contributed by atoms with Crippen molar-refractivity contribution in [2.24, 2.45) is 0 Å². The minimum Gasteiger partial charge on any atom is -0.496 e. The number of aromatic nitrogens is 4. The van der Waals surface area contributed by atoms with E-state index in [1.807, 2.05) is 0 Å². The molecule has 0 aliphatic heterocycles. The molecule has 2 N–H and O–H groups in total. The molecule has 11 heteroatoms. The van der Waals surface area contributed by atoms with Crippen LogP contribution in [-0.4, -0.2) is 51.9 Å². The fraction of sp³-hybridized carbons (Fsp3) is 0.235. The third-order valence-corrected chi connectivity index (χ3v) is 3.81. The largest absolute Gasteiger partial charge is 0.496 e. The van der Waals surface area contributed by atoms with Gasteiger partial charge in [-0.15, -0.1) is 0 Å². The Morgan fingerprint density at radius 3 is 2.68 bits per heavy atom. The van der Waals surface area contributed by atoms with Gasteiger partial charge in [-0.2, -0.15) is 10.1 Å². The van der Waals surface area contributed by atoms with Crippen LogP contribution in [0.4, 0.5) is 0 Å². The number of nitrogens with one attached hydrogen (secondary N) is 2. The molecule has 0 unspecified atom stereocenters. The predicted octanol–water partition coefficient (Wildman–Crippen LogP) is 1.14. The molecular weight excluding hydrogens is 388 g/mol. The number of rotatable bonds is 8. The van der Waals surface area contributed by atoms with Crippen molar-refractivity contribution in [1.82, 2.24) is 30.6 Å². The lowest BCUT2D eigenvalue weighted by molar-refractivity contribution is 0.0897. The maximum atomic E-state index is 12.2. The molecule has 0 radical (unpaired) electrons. The normalized spacial score (nSPS) is 10.5. The van der Waals surface area contributed by atoms with Gasteiger partial charge in [-0.25, -0.2) is 0 Å². The quantitative estimate of drug-likeness (QED) is 0.539. The third kappa shape index (κ3) is 4.86. The van der Waals surface area contributed by atoms with Crippen LogP contribution in [0.25, 0.3) is 0 Å². The zero-order valence-electron chi connectivity index (χ0n) is 14.9. The lowest BCUT2D eigenvalue weighted by Crippen LogP contribution is -2.35. The molecule has 0 aliphatic rings. The van der Waals surface area contributed by atoms with E-state index in [1.54, 1.807) is 30.5 Å². The Balaban J connectivity index is 1.45. The highest BCUT2D eigenvalue weighted by molar-refractivity contribution is 6.30. The van der Waals surface area contributed by atoms with Gasteiger partial charge in [-0.05, 0) is 12.1 Å². The Bertz CT molecular complexity index is 970. The average molecular weight is 405 g/mol. The highest BCUT2D eigenvalue weighted by atomic mass is 35.5. The number of ether oxygens (including phenoxy) is 1. The Hall–Kier alpha value is -3.40. The van der Waals surface area contributed by atoms with Gasteiger partial charge >= 0.3 is 11.8 Å². The monoisotopic (exact) mass is 404 g/mol. The van der Waals surface area contributed by atoms with E-state index >= 15 is 0 Å². The van der Waals surface area contributed by atoms with Crippen molar-refractivity contribution in [1.29, 1.82) is 0 Å². The van der Waals surface area contributed by atoms with Crippen LogP contribution in [-0.2, 0) is 6.54 Å². The van der Waals surface area contributed by atoms with Crippen LogP contribution in [0.1, 0.15) is 26.9 Å². The summed E-state index contributed by atoms with van der Waals surface area (Å²) in [5.74, 6) is -0.256. The zero-order chi connectivity index (χ0) is 19.9. The van der Waals surface area contributed by atoms with E-state index in [2.05, 4.69) is 25.9 Å². The molecule has 2 aromatic heterocycles. The third-order valence-electron chi connectivity index (χ3n) is 3.62. The van der Waals surface area contributed by atoms with E-state index in [-0.39, 0.29) is 37.3 Å². The van der Waals surface area contributed by atoms with E-state index in [0.717, 1.165) is 0 Å². The van der Waals surface area contributed by atoms with Crippen LogP contribution in [0, 0.1) is 0 Å². The summed E-state index contributed by atoms with van der Waals surface area (Å²) >= 11 is 5.78. The first-order chi connectivity index (χ1) is 13.6. The molecular formula is C17H17ClN6O4. The van der Waals surface area contributed by atoms with Crippen molar-refractivity contribution in [3.63, 3.8) is 0 Å². The topological polar surface area (TPSA) is 124 Å². The molecule has 2 heterocycles. The number of hydrogen-bond acceptors (Lipinski definition) is 7. The van der Waals surface area contributed by atoms with Crippen molar-refractivity contribution in [3.8, 4) is 5.75 Å². The summed E-state index contributed by atoms with van der Waals surface area (Å²) in [6.45, 7) is 0.625. The fourth-order valence-electron chi connectivity index (χ4n) is 2.34. The first-order valence-electron chi connectivity index (χ1n) is 8.27. The predicted molar refractivity (Wildman–Crippen MR) is 98.3 cm³/mol. The minimum atomic E-state index is -0.538. The molecule has 3 rings (SSSR count). The summed E-state index contributed by atoms with van der Waals surface area (Å²) in [4.78, 5) is 28.2. The number of carbonyl (C=O) groups is 2. The number of hydrogen-bond donors (Lipinski definition) is 2. The molecule has 0 spiro atoms. The van der Waals surface area contributed by atoms with E-state index in [4.69, 9.17) is 20.9 Å². The molecule has 0 saturated carbocycles. The summed E-state index contributed by atoms with van der Waals surface area (Å²) in [6.07, 6.45) is 3.08. The second kappa shape index (κ2) is 9.00. The van der Waals surface area contributed by atoms with Gasteiger partial charge in [0.15, 0.2) is 5.82 Å². The standard InChI is InChI=1S/C17H17ClN6O4/c1-27-13-5-3-2-4-12(13)15(25)19-6-7-20-16(26)17-22-14(23-28-17)10-24-9-11(18)8-21-24/h2-5,8-9H,6-7,10H2,1H3,(H,19,25)(H,20,26). The minimum absolute atomic E-state index is 0.177. The van der Waals surface area contributed by atoms with Crippen LogP contribution in [0.15, 0.2) is 41.2 Å². The summed E-state index contributed by atoms with van der Waals surface area (Å²) in [6, 6.07) is 6.86. The van der Waals surface area contributed by atoms with Crippen molar-refractivity contribution < 1.29 is 18.8 Å². The van der Waals surface area contributed by atoms with E-state index in [0.29, 0.717) is 16.3 Å². The maximum absolute atomic E-state index is 12.2. The van der Waals surface area contributed by atoms with Gasteiger partial charge in [0.05, 0.1) is 23.9 Å². The molecule has 0 aliphatic carbocycles. The highest BCUT2D eigenvalue weighted by Crippen LogP contribution is 2.16. The summed E-state index contributed by atoms with van der Waals surface area (Å²) in [5.41, 5.74) is 0.414. The molecule has 0 fully saturated rings. The maximum Gasteiger partial charge on any atom is 0.316 e. The van der Waals surface area contributed by atoms with Crippen LogP contribution < -0.4 is 15.4 Å². The van der Waals surface area contributed by atoms with Crippen molar-refractivity contribution in [2.45, 2.75) is 6.54 Å². The molecule has 0 saturated heterocycles. The average Bonchev–Trinajstić information content (AvgIpc) is 3.34. The highest BCUT2D eigenvalue weighted by Gasteiger charge is 2.16. The van der Waals surface area contributed by atoms with Crippen molar-refractivity contribution in [2.75, 3.05) is 20.2 Å². The molecule has 1 aromatic carbocycles. The van der Waals surface area contributed by atoms with Gasteiger partial charge in [-0.3, -0.25) is 14.3 Å². The fourth-order valence-corrected chi connectivity index (χ4v) is 2.49. The van der Waals surface area contributed by atoms with Crippen LogP contribution in [0.3, 0.4) is 0 Å². The molecule has 146 valence electrons. The SMILES string of the molecule is COc1ccccc1C(=O)NCCNC(=O)c1nc(Cn2cc(Cl)cn2)no1. The van der Waals surface area contributed by atoms with E-state index < -0.39 is 5.91 Å². The summed E-state index contributed by atoms with van der Waals surface area (Å²) in [7, 11) is 1.49. The zero-order valence-corrected chi connectivity index (χ0v) is 15.6. The van der Waals surface area contributed by atoms with Crippen LogP contribution in [0.5, 0.6) is 5.75 Å². The second-order valence-corrected chi connectivity index (χ2v) is 6.02. The number of benzene rings is 1. The van der Waals surface area contributed by atoms with Gasteiger partial charge in [0, 0.05) is 19.3 Å². The first-order valence-corrected chi connectivity index (χ1v) is 8.64. The van der Waals surface area contributed by atoms with Crippen molar-refractivity contribution in [3.05, 3.63) is 59.0 Å². The van der Waals surface area contributed by atoms with Crippen molar-refractivity contribution >= 4 is 23.4 Å². The number of methoxy groups -OCH3 is 1. The number of halogens is 1. The molecule has 0 atom stereocenters. The van der Waals surface area contributed by atoms with E-state index in [9.17, 15) is 9.59 Å². The van der Waals surface area contributed by atoms with Crippen LogP contribution >= 0.6 is 11.6 Å². The smallest absolute Gasteiger partial charge is 0.316 e. The van der Waals surface area contributed by atoms with Crippen LogP contribution in [0.2, 0.25) is 5.02 Å². The number of amides is 2. The number of para-hydroxylation sites is 1. The van der Waals surface area contributed by atoms with Gasteiger partial charge in [-0.1, -0.05) is 28.9 Å².